The van der Waals surface area contributed by atoms with Crippen LogP contribution < -0.4 is 21.7 Å². The third kappa shape index (κ3) is 12.3. The molecule has 14 nitrogen and oxygen atoms in total. The van der Waals surface area contributed by atoms with E-state index in [9.17, 15) is 39.0 Å². The van der Waals surface area contributed by atoms with Gasteiger partial charge >= 0.3 is 12.1 Å². The second kappa shape index (κ2) is 20.6. The molecule has 0 aliphatic heterocycles. The lowest BCUT2D eigenvalue weighted by Gasteiger charge is -2.30. The van der Waals surface area contributed by atoms with Crippen molar-refractivity contribution in [3.63, 3.8) is 0 Å². The number of aliphatic hydroxyl groups is 1. The predicted molar refractivity (Wildman–Crippen MR) is 186 cm³/mol. The van der Waals surface area contributed by atoms with Crippen molar-refractivity contribution in [2.24, 2.45) is 17.6 Å². The maximum Gasteiger partial charge on any atom is 0.417 e. The number of carboxylic acids is 1. The van der Waals surface area contributed by atoms with E-state index in [0.717, 1.165) is 24.0 Å². The minimum atomic E-state index is -1.43. The molecule has 5 amide bonds. The predicted octanol–water partition coefficient (Wildman–Crippen LogP) is 2.57. The fraction of sp³-hybridized carbons (Fsp3) is 0.500. The van der Waals surface area contributed by atoms with Crippen molar-refractivity contribution < 1.29 is 43.7 Å². The Hall–Kier alpha value is -4.82. The number of nitrogens with zero attached hydrogens (tertiary/aromatic N) is 1. The fourth-order valence-corrected chi connectivity index (χ4v) is 5.13. The van der Waals surface area contributed by atoms with Gasteiger partial charge in [0, 0.05) is 18.9 Å². The number of rotatable bonds is 19. The van der Waals surface area contributed by atoms with E-state index < -0.39 is 78.3 Å². The number of carbonyl (C=O) groups excluding carboxylic acids is 5. The van der Waals surface area contributed by atoms with E-state index in [-0.39, 0.29) is 19.6 Å². The van der Waals surface area contributed by atoms with Crippen molar-refractivity contribution in [1.82, 2.24) is 20.9 Å². The zero-order chi connectivity index (χ0) is 37.4. The minimum Gasteiger partial charge on any atom is -0.480 e. The zero-order valence-electron chi connectivity index (χ0n) is 29.4. The Morgan fingerprint density at radius 2 is 1.50 bits per heavy atom. The third-order valence-corrected chi connectivity index (χ3v) is 8.12. The molecule has 0 aliphatic rings. The Morgan fingerprint density at radius 1 is 0.860 bits per heavy atom. The molecule has 2 aromatic rings. The molecule has 0 aromatic heterocycles. The van der Waals surface area contributed by atoms with Crippen LogP contribution in [0.4, 0.5) is 4.79 Å². The van der Waals surface area contributed by atoms with Gasteiger partial charge in [0.25, 0.3) is 0 Å². The number of carbonyl (C=O) groups is 6. The van der Waals surface area contributed by atoms with E-state index in [1.807, 2.05) is 49.4 Å². The lowest BCUT2D eigenvalue weighted by atomic mass is 9.97. The molecule has 2 rings (SSSR count). The Labute approximate surface area is 293 Å². The number of imide groups is 1. The average molecular weight is 698 g/mol. The molecular weight excluding hydrogens is 646 g/mol. The van der Waals surface area contributed by atoms with Crippen LogP contribution in [0.3, 0.4) is 0 Å². The van der Waals surface area contributed by atoms with Gasteiger partial charge in [0.1, 0.15) is 24.7 Å². The minimum absolute atomic E-state index is 0.0952. The molecule has 0 aliphatic carbocycles. The van der Waals surface area contributed by atoms with Crippen LogP contribution in [0, 0.1) is 11.8 Å². The van der Waals surface area contributed by atoms with Gasteiger partial charge in [-0.2, -0.15) is 0 Å². The third-order valence-electron chi connectivity index (χ3n) is 8.12. The van der Waals surface area contributed by atoms with Crippen molar-refractivity contribution in [3.05, 3.63) is 60.2 Å². The molecule has 0 saturated carbocycles. The van der Waals surface area contributed by atoms with Gasteiger partial charge in [-0.1, -0.05) is 88.2 Å². The number of carboxylic acid groups (broad SMARTS) is 1. The summed E-state index contributed by atoms with van der Waals surface area (Å²) >= 11 is 0. The number of nitrogens with two attached hydrogens (primary N) is 1. The SMILES string of the molecule is CCCCCC(=O)NC(C(=O)NC(C(=O)O)C(C)C)C(CO)CNC(=O)[C@H](C)N(C(=O)OCc1ccccc1-c1ccccc1)C(=O)[C@H](C)N. The van der Waals surface area contributed by atoms with Gasteiger partial charge in [-0.15, -0.1) is 0 Å². The van der Waals surface area contributed by atoms with Crippen LogP contribution >= 0.6 is 0 Å². The van der Waals surface area contributed by atoms with Crippen molar-refractivity contribution in [1.29, 1.82) is 0 Å². The number of benzene rings is 2. The van der Waals surface area contributed by atoms with Crippen molar-refractivity contribution in [2.75, 3.05) is 13.2 Å². The van der Waals surface area contributed by atoms with Gasteiger partial charge < -0.3 is 36.6 Å². The van der Waals surface area contributed by atoms with Crippen molar-refractivity contribution in [2.45, 2.75) is 91.1 Å². The summed E-state index contributed by atoms with van der Waals surface area (Å²) in [6.45, 7) is 6.53. The van der Waals surface area contributed by atoms with E-state index in [4.69, 9.17) is 10.5 Å². The summed E-state index contributed by atoms with van der Waals surface area (Å²) in [5, 5.41) is 27.4. The average Bonchev–Trinajstić information content (AvgIpc) is 3.09. The zero-order valence-corrected chi connectivity index (χ0v) is 29.4. The van der Waals surface area contributed by atoms with Gasteiger partial charge in [-0.3, -0.25) is 19.2 Å². The smallest absolute Gasteiger partial charge is 0.417 e. The van der Waals surface area contributed by atoms with Crippen molar-refractivity contribution in [3.8, 4) is 11.1 Å². The summed E-state index contributed by atoms with van der Waals surface area (Å²) in [4.78, 5) is 78.3. The largest absolute Gasteiger partial charge is 0.480 e. The van der Waals surface area contributed by atoms with Crippen LogP contribution in [0.15, 0.2) is 54.6 Å². The molecule has 0 spiro atoms. The van der Waals surface area contributed by atoms with Gasteiger partial charge in [0.15, 0.2) is 0 Å². The van der Waals surface area contributed by atoms with Crippen molar-refractivity contribution >= 4 is 35.7 Å². The monoisotopic (exact) mass is 697 g/mol. The van der Waals surface area contributed by atoms with E-state index in [2.05, 4.69) is 16.0 Å². The molecule has 0 bridgehead atoms. The number of unbranched alkanes of at least 4 members (excludes halogenated alkanes) is 2. The lowest BCUT2D eigenvalue weighted by molar-refractivity contribution is -0.144. The molecule has 0 heterocycles. The normalized spacial score (nSPS) is 14.0. The van der Waals surface area contributed by atoms with Crippen LogP contribution in [0.1, 0.15) is 65.9 Å². The number of nitrogens with one attached hydrogen (secondary N) is 3. The first kappa shape index (κ1) is 41.4. The van der Waals surface area contributed by atoms with Crippen LogP contribution in [-0.2, 0) is 35.3 Å². The van der Waals surface area contributed by atoms with Gasteiger partial charge in [0.05, 0.1) is 12.6 Å². The van der Waals surface area contributed by atoms with E-state index in [1.54, 1.807) is 26.0 Å². The Bertz CT molecular complexity index is 1450. The first-order valence-electron chi connectivity index (χ1n) is 16.8. The Balaban J connectivity index is 2.24. The second-order valence-corrected chi connectivity index (χ2v) is 12.5. The maximum absolute atomic E-state index is 13.4. The van der Waals surface area contributed by atoms with E-state index >= 15 is 0 Å². The fourth-order valence-electron chi connectivity index (χ4n) is 5.13. The summed E-state index contributed by atoms with van der Waals surface area (Å²) < 4.78 is 5.51. The number of hydrogen-bond donors (Lipinski definition) is 6. The first-order chi connectivity index (χ1) is 23.7. The van der Waals surface area contributed by atoms with Crippen LogP contribution in [0.5, 0.6) is 0 Å². The van der Waals surface area contributed by atoms with Crippen LogP contribution in [0.25, 0.3) is 11.1 Å². The summed E-state index contributed by atoms with van der Waals surface area (Å²) in [7, 11) is 0. The molecular formula is C36H51N5O9. The molecule has 3 unspecified atom stereocenters. The second-order valence-electron chi connectivity index (χ2n) is 12.5. The van der Waals surface area contributed by atoms with Gasteiger partial charge in [0.2, 0.25) is 23.6 Å². The molecule has 0 radical (unpaired) electrons. The standard InChI is InChI=1S/C36H51N5O9/c1-6-7-9-18-29(43)39-31(33(45)40-30(22(2)3)35(47)48)27(20-42)19-38-32(44)24(5)41(34(46)23(4)37)36(49)50-21-26-16-12-13-17-28(26)25-14-10-8-11-15-25/h8,10-17,22-24,27,30-31,42H,6-7,9,18-21,37H2,1-5H3,(H,38,44)(H,39,43)(H,40,45)(H,47,48)/t23-,24-,27?,30?,31?/m0/s1. The number of hydrogen-bond acceptors (Lipinski definition) is 9. The first-order valence-corrected chi connectivity index (χ1v) is 16.8. The van der Waals surface area contributed by atoms with Crippen LogP contribution in [0.2, 0.25) is 0 Å². The van der Waals surface area contributed by atoms with Crippen LogP contribution in [-0.4, -0.2) is 88.1 Å². The highest BCUT2D eigenvalue weighted by Crippen LogP contribution is 2.24. The maximum atomic E-state index is 13.4. The number of aliphatic carboxylic acids is 1. The van der Waals surface area contributed by atoms with Gasteiger partial charge in [-0.25, -0.2) is 14.5 Å². The summed E-state index contributed by atoms with van der Waals surface area (Å²) in [6.07, 6.45) is 1.16. The van der Waals surface area contributed by atoms with E-state index in [0.29, 0.717) is 16.9 Å². The van der Waals surface area contributed by atoms with Gasteiger partial charge in [-0.05, 0) is 42.9 Å². The molecule has 50 heavy (non-hydrogen) atoms. The Kier molecular flexibility index (Phi) is 17.1. The summed E-state index contributed by atoms with van der Waals surface area (Å²) in [5.74, 6) is -5.94. The highest BCUT2D eigenvalue weighted by molar-refractivity contribution is 6.00. The Morgan fingerprint density at radius 3 is 2.08 bits per heavy atom. The molecule has 5 atom stereocenters. The highest BCUT2D eigenvalue weighted by atomic mass is 16.6. The lowest BCUT2D eigenvalue weighted by Crippen LogP contribution is -2.59. The highest BCUT2D eigenvalue weighted by Gasteiger charge is 2.37. The number of amides is 5. The quantitative estimate of drug-likeness (QED) is 0.118. The number of ether oxygens (including phenoxy) is 1. The molecule has 0 saturated heterocycles. The molecule has 0 fully saturated rings. The summed E-state index contributed by atoms with van der Waals surface area (Å²) in [6, 6.07) is 11.4. The molecule has 2 aromatic carbocycles. The molecule has 14 heteroatoms. The van der Waals surface area contributed by atoms with E-state index in [1.165, 1.54) is 13.8 Å². The molecule has 274 valence electrons. The number of aliphatic hydroxyl groups excluding tert-OH is 1. The molecule has 7 N–H and O–H groups in total. The topological polar surface area (TPSA) is 217 Å². The summed E-state index contributed by atoms with van der Waals surface area (Å²) in [5.41, 5.74) is 8.18.